The van der Waals surface area contributed by atoms with E-state index in [1.807, 2.05) is 53.6 Å². The van der Waals surface area contributed by atoms with Crippen LogP contribution >= 0.6 is 0 Å². The molecule has 5 nitrogen and oxygen atoms in total. The van der Waals surface area contributed by atoms with Crippen LogP contribution in [-0.2, 0) is 12.0 Å². The van der Waals surface area contributed by atoms with E-state index in [9.17, 15) is 4.79 Å². The highest BCUT2D eigenvalue weighted by atomic mass is 16.5. The summed E-state index contributed by atoms with van der Waals surface area (Å²) in [6.07, 6.45) is 13.9. The fraction of sp³-hybridized carbons (Fsp3) is 0.459. The molecule has 0 unspecified atom stereocenters. The number of hydrogen-bond acceptors (Lipinski definition) is 4. The normalized spacial score (nSPS) is 26.5. The van der Waals surface area contributed by atoms with Crippen LogP contribution in [0.15, 0.2) is 71.7 Å². The number of piperidine rings is 1. The zero-order chi connectivity index (χ0) is 28.5. The van der Waals surface area contributed by atoms with Crippen molar-refractivity contribution >= 4 is 17.8 Å². The summed E-state index contributed by atoms with van der Waals surface area (Å²) in [7, 11) is 1.66. The zero-order valence-electron chi connectivity index (χ0n) is 24.8. The number of benzene rings is 3. The van der Waals surface area contributed by atoms with E-state index in [0.717, 1.165) is 66.1 Å². The maximum absolute atomic E-state index is 12.7. The molecule has 3 aromatic carbocycles. The highest BCUT2D eigenvalue weighted by molar-refractivity contribution is 5.94. The summed E-state index contributed by atoms with van der Waals surface area (Å²) in [5.74, 6) is 4.35. The summed E-state index contributed by atoms with van der Waals surface area (Å²) < 4.78 is 11.7. The summed E-state index contributed by atoms with van der Waals surface area (Å²) in [5, 5.41) is 0. The van der Waals surface area contributed by atoms with Crippen molar-refractivity contribution in [2.24, 2.45) is 22.7 Å². The molecule has 5 fully saturated rings. The molecule has 1 amide bonds. The molecule has 1 heterocycles. The van der Waals surface area contributed by atoms with Crippen LogP contribution in [-0.4, -0.2) is 37.2 Å². The number of likely N-dealkylation sites (tertiary alicyclic amines) is 1. The molecule has 0 N–H and O–H groups in total. The van der Waals surface area contributed by atoms with Crippen LogP contribution in [0.4, 0.5) is 5.69 Å². The van der Waals surface area contributed by atoms with Gasteiger partial charge in [0.05, 0.1) is 12.8 Å². The maximum Gasteiger partial charge on any atom is 0.253 e. The van der Waals surface area contributed by atoms with Gasteiger partial charge < -0.3 is 14.4 Å². The first-order chi connectivity index (χ1) is 20.6. The van der Waals surface area contributed by atoms with Crippen molar-refractivity contribution in [2.45, 2.75) is 69.8 Å². The van der Waals surface area contributed by atoms with Crippen LogP contribution in [0.5, 0.6) is 11.5 Å². The van der Waals surface area contributed by atoms with Crippen molar-refractivity contribution in [3.63, 3.8) is 0 Å². The quantitative estimate of drug-likeness (QED) is 0.261. The van der Waals surface area contributed by atoms with E-state index in [-0.39, 0.29) is 5.91 Å². The summed E-state index contributed by atoms with van der Waals surface area (Å²) >= 11 is 0. The molecule has 0 spiro atoms. The number of rotatable bonds is 8. The Balaban J connectivity index is 0.968. The Kier molecular flexibility index (Phi) is 7.52. The largest absolute Gasteiger partial charge is 0.493 e. The van der Waals surface area contributed by atoms with Gasteiger partial charge in [-0.1, -0.05) is 24.3 Å². The van der Waals surface area contributed by atoms with Gasteiger partial charge >= 0.3 is 0 Å². The summed E-state index contributed by atoms with van der Waals surface area (Å²) in [4.78, 5) is 19.5. The average molecular weight is 563 g/mol. The number of ether oxygens (including phenoxy) is 2. The van der Waals surface area contributed by atoms with Gasteiger partial charge in [-0.25, -0.2) is 0 Å². The van der Waals surface area contributed by atoms with E-state index in [2.05, 4.69) is 24.3 Å². The van der Waals surface area contributed by atoms with Gasteiger partial charge in [0.15, 0.2) is 11.5 Å². The van der Waals surface area contributed by atoms with Gasteiger partial charge in [-0.05, 0) is 140 Å². The predicted molar refractivity (Wildman–Crippen MR) is 167 cm³/mol. The standard InChI is InChI=1S/C37H42N2O3/c1-41-35-20-27(7-14-34(35)42-25-26-5-8-31(9-6-26)36(40)39-15-3-2-4-16-39)24-38-33-12-10-32(11-13-33)37-21-28-17-29(22-37)19-30(18-28)23-37/h5-14,20,24,28-30H,2-4,15-19,21-23,25H2,1H3. The molecular formula is C37H42N2O3. The van der Waals surface area contributed by atoms with Crippen LogP contribution < -0.4 is 9.47 Å². The molecule has 5 heteroatoms. The molecule has 8 rings (SSSR count). The SMILES string of the molecule is COc1cc(C=Nc2ccc(C34CC5CC(CC(C5)C3)C4)cc2)ccc1OCc1ccc(C(=O)N2CCCCC2)cc1. The second-order valence-electron chi connectivity index (χ2n) is 13.3. The van der Waals surface area contributed by atoms with E-state index < -0.39 is 0 Å². The Morgan fingerprint density at radius 1 is 0.857 bits per heavy atom. The van der Waals surface area contributed by atoms with Crippen LogP contribution in [0.3, 0.4) is 0 Å². The first-order valence-corrected chi connectivity index (χ1v) is 15.9. The second-order valence-corrected chi connectivity index (χ2v) is 13.3. The number of methoxy groups -OCH3 is 1. The Morgan fingerprint density at radius 2 is 1.52 bits per heavy atom. The van der Waals surface area contributed by atoms with Crippen molar-refractivity contribution in [1.82, 2.24) is 4.90 Å². The van der Waals surface area contributed by atoms with Gasteiger partial charge in [-0.2, -0.15) is 0 Å². The van der Waals surface area contributed by atoms with Crippen molar-refractivity contribution < 1.29 is 14.3 Å². The maximum atomic E-state index is 12.7. The molecule has 4 aliphatic carbocycles. The molecule has 4 bridgehead atoms. The summed E-state index contributed by atoms with van der Waals surface area (Å²) in [5.41, 5.74) is 5.65. The van der Waals surface area contributed by atoms with E-state index in [4.69, 9.17) is 14.5 Å². The minimum atomic E-state index is 0.125. The number of nitrogens with zero attached hydrogens (tertiary/aromatic N) is 2. The average Bonchev–Trinajstić information content (AvgIpc) is 3.03. The van der Waals surface area contributed by atoms with Crippen LogP contribution in [0.1, 0.15) is 84.8 Å². The van der Waals surface area contributed by atoms with E-state index in [1.54, 1.807) is 7.11 Å². The van der Waals surface area contributed by atoms with Crippen molar-refractivity contribution in [1.29, 1.82) is 0 Å². The highest BCUT2D eigenvalue weighted by Crippen LogP contribution is 2.60. The lowest BCUT2D eigenvalue weighted by Gasteiger charge is -2.57. The van der Waals surface area contributed by atoms with E-state index >= 15 is 0 Å². The van der Waals surface area contributed by atoms with Crippen LogP contribution in [0.25, 0.3) is 0 Å². The van der Waals surface area contributed by atoms with Gasteiger partial charge in [-0.3, -0.25) is 9.79 Å². The van der Waals surface area contributed by atoms with Crippen LogP contribution in [0.2, 0.25) is 0 Å². The number of aliphatic imine (C=N–C) groups is 1. The Labute approximate surface area is 249 Å². The van der Waals surface area contributed by atoms with Gasteiger partial charge in [0, 0.05) is 24.9 Å². The Hall–Kier alpha value is -3.60. The first-order valence-electron chi connectivity index (χ1n) is 15.9. The molecule has 218 valence electrons. The third-order valence-corrected chi connectivity index (χ3v) is 10.3. The molecular weight excluding hydrogens is 520 g/mol. The van der Waals surface area contributed by atoms with Gasteiger partial charge in [0.25, 0.3) is 5.91 Å². The van der Waals surface area contributed by atoms with E-state index in [1.165, 1.54) is 50.5 Å². The Bertz CT molecular complexity index is 1400. The van der Waals surface area contributed by atoms with Gasteiger partial charge in [0.1, 0.15) is 6.61 Å². The lowest BCUT2D eigenvalue weighted by atomic mass is 9.48. The van der Waals surface area contributed by atoms with Crippen molar-refractivity contribution in [3.8, 4) is 11.5 Å². The number of hydrogen-bond donors (Lipinski definition) is 0. The van der Waals surface area contributed by atoms with Gasteiger partial charge in [-0.15, -0.1) is 0 Å². The zero-order valence-corrected chi connectivity index (χ0v) is 24.8. The molecule has 4 saturated carbocycles. The molecule has 1 aliphatic heterocycles. The second kappa shape index (κ2) is 11.6. The fourth-order valence-corrected chi connectivity index (χ4v) is 8.58. The number of carbonyl (C=O) groups is 1. The van der Waals surface area contributed by atoms with Gasteiger partial charge in [0.2, 0.25) is 0 Å². The predicted octanol–water partition coefficient (Wildman–Crippen LogP) is 8.12. The van der Waals surface area contributed by atoms with Crippen molar-refractivity contribution in [3.05, 3.63) is 89.0 Å². The molecule has 0 radical (unpaired) electrons. The first kappa shape index (κ1) is 27.2. The summed E-state index contributed by atoms with van der Waals surface area (Å²) in [6, 6.07) is 22.7. The lowest BCUT2D eigenvalue weighted by Crippen LogP contribution is -2.48. The minimum absolute atomic E-state index is 0.125. The number of carbonyl (C=O) groups excluding carboxylic acids is 1. The molecule has 1 saturated heterocycles. The highest BCUT2D eigenvalue weighted by Gasteiger charge is 2.51. The molecule has 0 aromatic heterocycles. The van der Waals surface area contributed by atoms with Crippen molar-refractivity contribution in [2.75, 3.05) is 20.2 Å². The fourth-order valence-electron chi connectivity index (χ4n) is 8.58. The minimum Gasteiger partial charge on any atom is -0.493 e. The number of amides is 1. The monoisotopic (exact) mass is 562 g/mol. The third-order valence-electron chi connectivity index (χ3n) is 10.3. The Morgan fingerprint density at radius 3 is 2.17 bits per heavy atom. The lowest BCUT2D eigenvalue weighted by molar-refractivity contribution is -0.00518. The van der Waals surface area contributed by atoms with Crippen LogP contribution in [0, 0.1) is 17.8 Å². The molecule has 3 aromatic rings. The molecule has 0 atom stereocenters. The molecule has 5 aliphatic rings. The summed E-state index contributed by atoms with van der Waals surface area (Å²) in [6.45, 7) is 2.12. The molecule has 42 heavy (non-hydrogen) atoms. The van der Waals surface area contributed by atoms with E-state index in [0.29, 0.717) is 23.5 Å². The topological polar surface area (TPSA) is 51.1 Å². The smallest absolute Gasteiger partial charge is 0.253 e. The third kappa shape index (κ3) is 5.58.